The van der Waals surface area contributed by atoms with Gasteiger partial charge < -0.3 is 5.32 Å². The van der Waals surface area contributed by atoms with Crippen molar-refractivity contribution >= 4 is 17.2 Å². The van der Waals surface area contributed by atoms with Crippen molar-refractivity contribution in [3.05, 3.63) is 77.3 Å². The van der Waals surface area contributed by atoms with Gasteiger partial charge in [0.15, 0.2) is 0 Å². The number of nitrogens with zero attached hydrogens (tertiary/aromatic N) is 1. The summed E-state index contributed by atoms with van der Waals surface area (Å²) in [4.78, 5) is 16.4. The summed E-state index contributed by atoms with van der Waals surface area (Å²) in [6, 6.07) is 17.2. The van der Waals surface area contributed by atoms with Crippen LogP contribution in [0.25, 0.3) is 10.6 Å². The molecule has 1 amide bonds. The number of nitrogens with one attached hydrogen (secondary N) is 1. The summed E-state index contributed by atoms with van der Waals surface area (Å²) >= 11 is 1.60. The Kier molecular flexibility index (Phi) is 4.07. The van der Waals surface area contributed by atoms with Crippen LogP contribution in [0.5, 0.6) is 0 Å². The molecule has 0 saturated carbocycles. The molecule has 0 aliphatic heterocycles. The summed E-state index contributed by atoms with van der Waals surface area (Å²) < 4.78 is 0. The highest BCUT2D eigenvalue weighted by atomic mass is 32.1. The largest absolute Gasteiger partial charge is 0.348 e. The molecule has 1 N–H and O–H groups in total. The summed E-state index contributed by atoms with van der Waals surface area (Å²) in [6.45, 7) is 0.490. The highest BCUT2D eigenvalue weighted by Crippen LogP contribution is 2.25. The first-order valence-corrected chi connectivity index (χ1v) is 7.53. The Morgan fingerprint density at radius 3 is 2.57 bits per heavy atom. The van der Waals surface area contributed by atoms with Crippen LogP contribution in [0, 0.1) is 0 Å². The first-order valence-electron chi connectivity index (χ1n) is 6.65. The molecule has 0 spiro atoms. The summed E-state index contributed by atoms with van der Waals surface area (Å²) in [5.41, 5.74) is 2.81. The second-order valence-electron chi connectivity index (χ2n) is 4.54. The van der Waals surface area contributed by atoms with Gasteiger partial charge in [0.05, 0.1) is 0 Å². The Labute approximate surface area is 127 Å². The zero-order chi connectivity index (χ0) is 14.5. The second kappa shape index (κ2) is 6.33. The minimum absolute atomic E-state index is 0.0652. The molecule has 2 aromatic carbocycles. The van der Waals surface area contributed by atoms with E-state index in [0.717, 1.165) is 16.1 Å². The quantitative estimate of drug-likeness (QED) is 0.796. The highest BCUT2D eigenvalue weighted by Gasteiger charge is 2.09. The maximum absolute atomic E-state index is 12.1. The topological polar surface area (TPSA) is 42.0 Å². The minimum Gasteiger partial charge on any atom is -0.348 e. The van der Waals surface area contributed by atoms with Gasteiger partial charge in [-0.1, -0.05) is 42.5 Å². The van der Waals surface area contributed by atoms with E-state index in [9.17, 15) is 4.79 Å². The van der Waals surface area contributed by atoms with E-state index < -0.39 is 0 Å². The van der Waals surface area contributed by atoms with Gasteiger partial charge in [0, 0.05) is 29.2 Å². The van der Waals surface area contributed by atoms with Gasteiger partial charge in [-0.05, 0) is 17.7 Å². The third kappa shape index (κ3) is 3.17. The molecule has 0 aliphatic rings. The Hall–Kier alpha value is -2.46. The Bertz CT molecular complexity index is 724. The van der Waals surface area contributed by atoms with E-state index >= 15 is 0 Å². The van der Waals surface area contributed by atoms with E-state index in [-0.39, 0.29) is 5.91 Å². The molecule has 3 aromatic rings. The first-order chi connectivity index (χ1) is 10.3. The summed E-state index contributed by atoms with van der Waals surface area (Å²) in [5, 5.41) is 5.88. The molecule has 1 heterocycles. The fourth-order valence-electron chi connectivity index (χ4n) is 2.11. The van der Waals surface area contributed by atoms with Gasteiger partial charge in [0.2, 0.25) is 0 Å². The molecule has 0 aliphatic carbocycles. The zero-order valence-corrected chi connectivity index (χ0v) is 12.1. The minimum atomic E-state index is -0.0652. The van der Waals surface area contributed by atoms with Gasteiger partial charge in [0.25, 0.3) is 5.91 Å². The molecule has 0 atom stereocenters. The van der Waals surface area contributed by atoms with E-state index in [1.165, 1.54) is 0 Å². The molecule has 0 unspecified atom stereocenters. The van der Waals surface area contributed by atoms with Crippen LogP contribution >= 0.6 is 11.3 Å². The molecular formula is C17H14N2OS. The number of rotatable bonds is 4. The number of hydrogen-bond donors (Lipinski definition) is 1. The number of amides is 1. The van der Waals surface area contributed by atoms with E-state index in [4.69, 9.17) is 0 Å². The van der Waals surface area contributed by atoms with Gasteiger partial charge in [-0.2, -0.15) is 0 Å². The van der Waals surface area contributed by atoms with Gasteiger partial charge in [-0.25, -0.2) is 4.98 Å². The molecule has 1 aromatic heterocycles. The van der Waals surface area contributed by atoms with Crippen LogP contribution in [-0.2, 0) is 6.54 Å². The molecule has 0 saturated heterocycles. The number of thiazole rings is 1. The predicted octanol–water partition coefficient (Wildman–Crippen LogP) is 3.74. The van der Waals surface area contributed by atoms with Crippen LogP contribution in [0.4, 0.5) is 0 Å². The third-order valence-electron chi connectivity index (χ3n) is 3.16. The first kappa shape index (κ1) is 13.5. The molecule has 0 bridgehead atoms. The lowest BCUT2D eigenvalue weighted by atomic mass is 10.1. The smallest absolute Gasteiger partial charge is 0.251 e. The molecule has 0 radical (unpaired) electrons. The standard InChI is InChI=1S/C17H14N2OS/c20-16(13-6-2-1-3-7-13)19-12-14-8-4-5-9-15(14)17-18-10-11-21-17/h1-11H,12H2,(H,19,20). The predicted molar refractivity (Wildman–Crippen MR) is 85.2 cm³/mol. The summed E-state index contributed by atoms with van der Waals surface area (Å²) in [6.07, 6.45) is 1.79. The molecule has 104 valence electrons. The molecule has 0 fully saturated rings. The second-order valence-corrected chi connectivity index (χ2v) is 5.44. The highest BCUT2D eigenvalue weighted by molar-refractivity contribution is 7.13. The maximum atomic E-state index is 12.1. The van der Waals surface area contributed by atoms with Crippen molar-refractivity contribution in [1.29, 1.82) is 0 Å². The van der Waals surface area contributed by atoms with Crippen LogP contribution in [0.2, 0.25) is 0 Å². The van der Waals surface area contributed by atoms with Crippen LogP contribution in [0.1, 0.15) is 15.9 Å². The van der Waals surface area contributed by atoms with Crippen LogP contribution < -0.4 is 5.32 Å². The third-order valence-corrected chi connectivity index (χ3v) is 3.96. The van der Waals surface area contributed by atoms with Crippen molar-refractivity contribution in [2.75, 3.05) is 0 Å². The number of aromatic nitrogens is 1. The van der Waals surface area contributed by atoms with E-state index in [1.807, 2.05) is 60.0 Å². The normalized spacial score (nSPS) is 10.3. The zero-order valence-electron chi connectivity index (χ0n) is 11.3. The SMILES string of the molecule is O=C(NCc1ccccc1-c1nccs1)c1ccccc1. The lowest BCUT2D eigenvalue weighted by Crippen LogP contribution is -2.22. The Morgan fingerprint density at radius 2 is 1.81 bits per heavy atom. The van der Waals surface area contributed by atoms with Crippen molar-refractivity contribution in [2.24, 2.45) is 0 Å². The number of hydrogen-bond acceptors (Lipinski definition) is 3. The number of carbonyl (C=O) groups excluding carboxylic acids is 1. The maximum Gasteiger partial charge on any atom is 0.251 e. The van der Waals surface area contributed by atoms with Crippen molar-refractivity contribution in [3.63, 3.8) is 0 Å². The van der Waals surface area contributed by atoms with Crippen molar-refractivity contribution in [1.82, 2.24) is 10.3 Å². The van der Waals surface area contributed by atoms with Gasteiger partial charge in [0.1, 0.15) is 5.01 Å². The Balaban J connectivity index is 1.76. The lowest BCUT2D eigenvalue weighted by Gasteiger charge is -2.09. The molecule has 21 heavy (non-hydrogen) atoms. The lowest BCUT2D eigenvalue weighted by molar-refractivity contribution is 0.0951. The molecule has 4 heteroatoms. The van der Waals surface area contributed by atoms with E-state index in [1.54, 1.807) is 17.5 Å². The summed E-state index contributed by atoms with van der Waals surface area (Å²) in [5.74, 6) is -0.0652. The summed E-state index contributed by atoms with van der Waals surface area (Å²) in [7, 11) is 0. The molecular weight excluding hydrogens is 280 g/mol. The monoisotopic (exact) mass is 294 g/mol. The van der Waals surface area contributed by atoms with Crippen LogP contribution in [-0.4, -0.2) is 10.9 Å². The fraction of sp³-hybridized carbons (Fsp3) is 0.0588. The number of benzene rings is 2. The average molecular weight is 294 g/mol. The van der Waals surface area contributed by atoms with Crippen LogP contribution in [0.3, 0.4) is 0 Å². The van der Waals surface area contributed by atoms with Crippen molar-refractivity contribution < 1.29 is 4.79 Å². The van der Waals surface area contributed by atoms with Gasteiger partial charge in [-0.15, -0.1) is 11.3 Å². The van der Waals surface area contributed by atoms with Crippen LogP contribution in [0.15, 0.2) is 66.2 Å². The average Bonchev–Trinajstić information content (AvgIpc) is 3.08. The number of carbonyl (C=O) groups is 1. The molecule has 3 nitrogen and oxygen atoms in total. The molecule has 3 rings (SSSR count). The fourth-order valence-corrected chi connectivity index (χ4v) is 2.81. The van der Waals surface area contributed by atoms with Gasteiger partial charge >= 0.3 is 0 Å². The van der Waals surface area contributed by atoms with E-state index in [2.05, 4.69) is 10.3 Å². The van der Waals surface area contributed by atoms with E-state index in [0.29, 0.717) is 12.1 Å². The van der Waals surface area contributed by atoms with Crippen molar-refractivity contribution in [3.8, 4) is 10.6 Å². The Morgan fingerprint density at radius 1 is 1.05 bits per heavy atom. The van der Waals surface area contributed by atoms with Gasteiger partial charge in [-0.3, -0.25) is 4.79 Å². The van der Waals surface area contributed by atoms with Crippen molar-refractivity contribution in [2.45, 2.75) is 6.54 Å².